The van der Waals surface area contributed by atoms with Gasteiger partial charge in [-0.05, 0) is 37.0 Å². The Kier molecular flexibility index (Phi) is 4.53. The molecule has 0 bridgehead atoms. The van der Waals surface area contributed by atoms with E-state index in [9.17, 15) is 4.79 Å². The van der Waals surface area contributed by atoms with Crippen LogP contribution >= 0.6 is 0 Å². The number of nitriles is 1. The molecule has 16 heavy (non-hydrogen) atoms. The van der Waals surface area contributed by atoms with Gasteiger partial charge in [0.05, 0.1) is 6.07 Å². The lowest BCUT2D eigenvalue weighted by molar-refractivity contribution is -0.124. The summed E-state index contributed by atoms with van der Waals surface area (Å²) in [4.78, 5) is 11.8. The van der Waals surface area contributed by atoms with Crippen molar-refractivity contribution in [1.29, 1.82) is 5.26 Å². The summed E-state index contributed by atoms with van der Waals surface area (Å²) in [7, 11) is 0. The molecule has 0 heterocycles. The molecule has 1 saturated carbocycles. The number of carbonyl (C=O) groups is 1. The number of ketones is 1. The summed E-state index contributed by atoms with van der Waals surface area (Å²) in [6.07, 6.45) is 5.26. The fourth-order valence-corrected chi connectivity index (χ4v) is 2.66. The van der Waals surface area contributed by atoms with Gasteiger partial charge in [0.1, 0.15) is 5.78 Å². The van der Waals surface area contributed by atoms with Crippen LogP contribution in [0.25, 0.3) is 0 Å². The van der Waals surface area contributed by atoms with Gasteiger partial charge in [-0.3, -0.25) is 4.79 Å². The average molecular weight is 221 g/mol. The molecule has 1 rings (SSSR count). The van der Waals surface area contributed by atoms with Crippen molar-refractivity contribution in [3.8, 4) is 6.07 Å². The zero-order valence-corrected chi connectivity index (χ0v) is 10.8. The highest BCUT2D eigenvalue weighted by Crippen LogP contribution is 2.40. The van der Waals surface area contributed by atoms with Crippen LogP contribution in [-0.2, 0) is 4.79 Å². The quantitative estimate of drug-likeness (QED) is 0.729. The van der Waals surface area contributed by atoms with Crippen LogP contribution in [0.2, 0.25) is 0 Å². The highest BCUT2D eigenvalue weighted by molar-refractivity contribution is 5.81. The minimum atomic E-state index is 0.243. The molecule has 1 aliphatic rings. The topological polar surface area (TPSA) is 40.9 Å². The van der Waals surface area contributed by atoms with E-state index in [1.807, 2.05) is 6.07 Å². The van der Waals surface area contributed by atoms with Gasteiger partial charge in [-0.15, -0.1) is 0 Å². The second kappa shape index (κ2) is 5.48. The Hall–Kier alpha value is -0.840. The van der Waals surface area contributed by atoms with Crippen LogP contribution in [0.3, 0.4) is 0 Å². The maximum atomic E-state index is 11.8. The van der Waals surface area contributed by atoms with Gasteiger partial charge in [0, 0.05) is 18.8 Å². The van der Waals surface area contributed by atoms with E-state index >= 15 is 0 Å². The number of Topliss-reactive ketones (excluding diaryl/α,β-unsaturated/α-hetero) is 1. The van der Waals surface area contributed by atoms with Gasteiger partial charge in [0.15, 0.2) is 0 Å². The third-order valence-corrected chi connectivity index (χ3v) is 3.89. The molecule has 0 aromatic carbocycles. The third kappa shape index (κ3) is 3.63. The Morgan fingerprint density at radius 2 is 1.81 bits per heavy atom. The molecule has 2 nitrogen and oxygen atoms in total. The smallest absolute Gasteiger partial charge is 0.137 e. The van der Waals surface area contributed by atoms with Crippen molar-refractivity contribution in [2.24, 2.45) is 17.3 Å². The largest absolute Gasteiger partial charge is 0.299 e. The summed E-state index contributed by atoms with van der Waals surface area (Å²) >= 11 is 0. The van der Waals surface area contributed by atoms with Gasteiger partial charge < -0.3 is 0 Å². The van der Waals surface area contributed by atoms with Crippen molar-refractivity contribution in [3.63, 3.8) is 0 Å². The Labute approximate surface area is 99.0 Å². The lowest BCUT2D eigenvalue weighted by Crippen LogP contribution is -2.28. The Balaban J connectivity index is 2.38. The summed E-state index contributed by atoms with van der Waals surface area (Å²) < 4.78 is 0. The first-order valence-corrected chi connectivity index (χ1v) is 6.35. The molecular formula is C14H23NO. The van der Waals surface area contributed by atoms with Crippen LogP contribution in [0.15, 0.2) is 0 Å². The average Bonchev–Trinajstić information content (AvgIpc) is 2.25. The standard InChI is InChI=1S/C14H23NO/c1-14(2,3)12-8-6-11(7-9-12)13(16)5-4-10-15/h11-12H,4-9H2,1-3H3. The van der Waals surface area contributed by atoms with Crippen LogP contribution < -0.4 is 0 Å². The van der Waals surface area contributed by atoms with Crippen molar-refractivity contribution in [3.05, 3.63) is 0 Å². The number of hydrogen-bond donors (Lipinski definition) is 0. The van der Waals surface area contributed by atoms with E-state index in [0.29, 0.717) is 24.0 Å². The van der Waals surface area contributed by atoms with Gasteiger partial charge in [0.2, 0.25) is 0 Å². The normalized spacial score (nSPS) is 26.1. The van der Waals surface area contributed by atoms with Crippen molar-refractivity contribution in [2.45, 2.75) is 59.3 Å². The maximum absolute atomic E-state index is 11.8. The molecule has 1 aliphatic carbocycles. The third-order valence-electron chi connectivity index (χ3n) is 3.89. The van der Waals surface area contributed by atoms with Crippen LogP contribution in [-0.4, -0.2) is 5.78 Å². The molecule has 1 fully saturated rings. The number of carbonyl (C=O) groups excluding carboxylic acids is 1. The van der Waals surface area contributed by atoms with E-state index in [1.165, 1.54) is 12.8 Å². The molecule has 0 aromatic rings. The van der Waals surface area contributed by atoms with Gasteiger partial charge in [0.25, 0.3) is 0 Å². The summed E-state index contributed by atoms with van der Waals surface area (Å²) in [6, 6.07) is 2.05. The predicted molar refractivity (Wildman–Crippen MR) is 64.8 cm³/mol. The van der Waals surface area contributed by atoms with E-state index in [2.05, 4.69) is 20.8 Å². The predicted octanol–water partition coefficient (Wildman–Crippen LogP) is 3.71. The van der Waals surface area contributed by atoms with Crippen LogP contribution in [0.5, 0.6) is 0 Å². The van der Waals surface area contributed by atoms with Crippen molar-refractivity contribution >= 4 is 5.78 Å². The van der Waals surface area contributed by atoms with Crippen molar-refractivity contribution in [2.75, 3.05) is 0 Å². The minimum absolute atomic E-state index is 0.243. The summed E-state index contributed by atoms with van der Waals surface area (Å²) in [5.74, 6) is 1.31. The maximum Gasteiger partial charge on any atom is 0.137 e. The number of hydrogen-bond acceptors (Lipinski definition) is 2. The zero-order valence-electron chi connectivity index (χ0n) is 10.8. The lowest BCUT2D eigenvalue weighted by Gasteiger charge is -2.36. The molecule has 0 N–H and O–H groups in total. The molecular weight excluding hydrogens is 198 g/mol. The van der Waals surface area contributed by atoms with Gasteiger partial charge >= 0.3 is 0 Å². The highest BCUT2D eigenvalue weighted by atomic mass is 16.1. The molecule has 2 heteroatoms. The molecule has 0 radical (unpaired) electrons. The number of nitrogens with zero attached hydrogens (tertiary/aromatic N) is 1. The van der Waals surface area contributed by atoms with E-state index in [1.54, 1.807) is 0 Å². The molecule has 0 aliphatic heterocycles. The first-order chi connectivity index (χ1) is 7.45. The molecule has 0 aromatic heterocycles. The van der Waals surface area contributed by atoms with Gasteiger partial charge in [-0.1, -0.05) is 20.8 Å². The minimum Gasteiger partial charge on any atom is -0.299 e. The van der Waals surface area contributed by atoms with Crippen LogP contribution in [0, 0.1) is 28.6 Å². The first-order valence-electron chi connectivity index (χ1n) is 6.35. The molecule has 0 unspecified atom stereocenters. The monoisotopic (exact) mass is 221 g/mol. The van der Waals surface area contributed by atoms with Gasteiger partial charge in [-0.2, -0.15) is 5.26 Å². The molecule has 0 spiro atoms. The Bertz CT molecular complexity index is 274. The van der Waals surface area contributed by atoms with Crippen LogP contribution in [0.4, 0.5) is 0 Å². The Morgan fingerprint density at radius 1 is 1.25 bits per heavy atom. The summed E-state index contributed by atoms with van der Waals surface area (Å²) in [5, 5.41) is 8.46. The van der Waals surface area contributed by atoms with Gasteiger partial charge in [-0.25, -0.2) is 0 Å². The van der Waals surface area contributed by atoms with Crippen molar-refractivity contribution in [1.82, 2.24) is 0 Å². The van der Waals surface area contributed by atoms with E-state index < -0.39 is 0 Å². The number of rotatable bonds is 3. The second-order valence-corrected chi connectivity index (χ2v) is 6.04. The SMILES string of the molecule is CC(C)(C)C1CCC(C(=O)CCC#N)CC1. The molecule has 0 atom stereocenters. The highest BCUT2D eigenvalue weighted by Gasteiger charge is 2.31. The van der Waals surface area contributed by atoms with Crippen molar-refractivity contribution < 1.29 is 4.79 Å². The fraction of sp³-hybridized carbons (Fsp3) is 0.857. The lowest BCUT2D eigenvalue weighted by atomic mass is 9.69. The Morgan fingerprint density at radius 3 is 2.25 bits per heavy atom. The fourth-order valence-electron chi connectivity index (χ4n) is 2.66. The summed E-state index contributed by atoms with van der Waals surface area (Å²) in [5.41, 5.74) is 0.376. The first kappa shape index (κ1) is 13.2. The van der Waals surface area contributed by atoms with Crippen LogP contribution in [0.1, 0.15) is 59.3 Å². The van der Waals surface area contributed by atoms with E-state index in [-0.39, 0.29) is 5.92 Å². The second-order valence-electron chi connectivity index (χ2n) is 6.04. The molecule has 0 saturated heterocycles. The molecule has 0 amide bonds. The zero-order chi connectivity index (χ0) is 12.2. The van der Waals surface area contributed by atoms with E-state index in [4.69, 9.17) is 5.26 Å². The summed E-state index contributed by atoms with van der Waals surface area (Å²) in [6.45, 7) is 6.86. The molecule has 90 valence electrons. The van der Waals surface area contributed by atoms with E-state index in [0.717, 1.165) is 18.8 Å².